The average molecular weight is 1460 g/mol. The third-order valence-electron chi connectivity index (χ3n) is 16.8. The number of nitrogens with two attached hydrogens (primary N) is 2. The second-order valence-corrected chi connectivity index (χ2v) is 30.6. The van der Waals surface area contributed by atoms with Crippen LogP contribution in [-0.2, 0) is 80.0 Å². The third kappa shape index (κ3) is 23.6. The molecule has 14 amide bonds. The molecule has 544 valence electrons. The fourth-order valence-electron chi connectivity index (χ4n) is 11.4. The highest BCUT2D eigenvalue weighted by atomic mass is 33.1. The number of carbonyl (C=O) groups excluding carboxylic acids is 14. The Morgan fingerprint density at radius 3 is 1.96 bits per heavy atom. The first-order chi connectivity index (χ1) is 47.7. The van der Waals surface area contributed by atoms with E-state index in [1.807, 2.05) is 24.3 Å². The SMILES string of the molecule is CC(C)C[C@@H]1NC(=O)[C@H](CCCCN)NC(=O)[C@H](Cc2ccc(O)cc2)NC(=O)CNC(=O)[C@@H]2CSSC[C@H](NC1=O)C(=O)N[C@@H](Cc1cccc3ccccc13)C(=O)N1C[C@H](O)C[C@H]1C(=O)N[C@H](C(N)=O)CSSC[C@H](NC(=O)[C@@H](NC(=O)CNC(=O)[C@@H]1CCC(=O)N1)C(C)C)C(=O)N2. The van der Waals surface area contributed by atoms with Gasteiger partial charge in [-0.05, 0) is 84.5 Å². The van der Waals surface area contributed by atoms with Gasteiger partial charge in [0.15, 0.2) is 0 Å². The molecule has 0 radical (unpaired) electrons. The summed E-state index contributed by atoms with van der Waals surface area (Å²) in [4.78, 5) is 199. The zero-order chi connectivity index (χ0) is 72.7. The molecule has 7 rings (SSSR count). The van der Waals surface area contributed by atoms with Gasteiger partial charge < -0.3 is 90.4 Å². The molecule has 31 nitrogen and oxygen atoms in total. The first kappa shape index (κ1) is 79.0. The lowest BCUT2D eigenvalue weighted by Gasteiger charge is -2.31. The predicted octanol–water partition coefficient (Wildman–Crippen LogP) is -2.73. The number of carbonyl (C=O) groups is 14. The van der Waals surface area contributed by atoms with E-state index in [9.17, 15) is 67.7 Å². The lowest BCUT2D eigenvalue weighted by atomic mass is 9.97. The summed E-state index contributed by atoms with van der Waals surface area (Å²) in [6, 6.07) is 2.77. The molecule has 4 fully saturated rings. The normalized spacial score (nSPS) is 25.7. The molecule has 4 saturated heterocycles. The summed E-state index contributed by atoms with van der Waals surface area (Å²) in [5.41, 5.74) is 12.8. The van der Waals surface area contributed by atoms with E-state index in [4.69, 9.17) is 11.5 Å². The van der Waals surface area contributed by atoms with Gasteiger partial charge in [0.05, 0.1) is 19.2 Å². The highest BCUT2D eigenvalue weighted by molar-refractivity contribution is 8.77. The highest BCUT2D eigenvalue weighted by Gasteiger charge is 2.44. The van der Waals surface area contributed by atoms with Crippen LogP contribution in [0.5, 0.6) is 5.75 Å². The fraction of sp³-hybridized carbons (Fsp3) is 0.538. The number of phenolic OH excluding ortho intramolecular Hbond substituents is 1. The summed E-state index contributed by atoms with van der Waals surface area (Å²) in [5, 5.41) is 54.4. The van der Waals surface area contributed by atoms with Gasteiger partial charge in [0.25, 0.3) is 0 Å². The summed E-state index contributed by atoms with van der Waals surface area (Å²) in [6.07, 6.45) is -0.924. The number of amides is 14. The number of fused-ring (bicyclic) bond motifs is 7. The van der Waals surface area contributed by atoms with Gasteiger partial charge in [0, 0.05) is 55.2 Å². The van der Waals surface area contributed by atoms with E-state index in [2.05, 4.69) is 63.8 Å². The van der Waals surface area contributed by atoms with Crippen molar-refractivity contribution in [1.82, 2.24) is 68.7 Å². The largest absolute Gasteiger partial charge is 0.508 e. The molecule has 35 heteroatoms. The van der Waals surface area contributed by atoms with Gasteiger partial charge in [-0.15, -0.1) is 0 Å². The monoisotopic (exact) mass is 1460 g/mol. The minimum absolute atomic E-state index is 0.00303. The van der Waals surface area contributed by atoms with Crippen LogP contribution >= 0.6 is 43.2 Å². The zero-order valence-corrected chi connectivity index (χ0v) is 59.1. The number of phenols is 1. The predicted molar refractivity (Wildman–Crippen MR) is 376 cm³/mol. The van der Waals surface area contributed by atoms with E-state index in [1.165, 1.54) is 24.3 Å². The van der Waals surface area contributed by atoms with Crippen LogP contribution in [0.2, 0.25) is 0 Å². The molecule has 4 aliphatic heterocycles. The van der Waals surface area contributed by atoms with Crippen molar-refractivity contribution in [3.05, 3.63) is 77.9 Å². The van der Waals surface area contributed by atoms with Crippen molar-refractivity contribution in [2.45, 2.75) is 158 Å². The molecule has 0 saturated carbocycles. The quantitative estimate of drug-likeness (QED) is 0.0454. The Morgan fingerprint density at radius 2 is 1.28 bits per heavy atom. The summed E-state index contributed by atoms with van der Waals surface area (Å²) in [6.45, 7) is 5.18. The zero-order valence-electron chi connectivity index (χ0n) is 55.8. The van der Waals surface area contributed by atoms with E-state index in [0.29, 0.717) is 29.4 Å². The van der Waals surface area contributed by atoms with Gasteiger partial charge in [-0.2, -0.15) is 0 Å². The smallest absolute Gasteiger partial charge is 0.246 e. The summed E-state index contributed by atoms with van der Waals surface area (Å²) < 4.78 is 0. The molecular formula is C65H89N15O16S4. The number of aliphatic hydroxyl groups excluding tert-OH is 1. The van der Waals surface area contributed by atoms with E-state index >= 15 is 9.59 Å². The van der Waals surface area contributed by atoms with Gasteiger partial charge in [-0.3, -0.25) is 67.1 Å². The Balaban J connectivity index is 1.29. The Bertz CT molecular complexity index is 3480. The molecule has 4 heterocycles. The number of aliphatic hydroxyl groups is 1. The van der Waals surface area contributed by atoms with Crippen molar-refractivity contribution >= 4 is 137 Å². The van der Waals surface area contributed by atoms with Crippen molar-refractivity contribution in [3.63, 3.8) is 0 Å². The number of rotatable bonds is 18. The van der Waals surface area contributed by atoms with Crippen molar-refractivity contribution in [1.29, 1.82) is 0 Å². The number of aromatic hydroxyl groups is 1. The topological polar surface area (TPSA) is 479 Å². The van der Waals surface area contributed by atoms with Crippen molar-refractivity contribution in [3.8, 4) is 5.75 Å². The Morgan fingerprint density at radius 1 is 0.640 bits per heavy atom. The Kier molecular flexibility index (Phi) is 30.3. The maximum Gasteiger partial charge on any atom is 0.246 e. The lowest BCUT2D eigenvalue weighted by Crippen LogP contribution is -2.61. The number of hydrogen-bond donors (Lipinski definition) is 16. The fourth-order valence-corrected chi connectivity index (χ4v) is 16.1. The van der Waals surface area contributed by atoms with E-state index in [1.54, 1.807) is 45.9 Å². The molecule has 4 aliphatic rings. The lowest BCUT2D eigenvalue weighted by molar-refractivity contribution is -0.142. The van der Waals surface area contributed by atoms with E-state index in [-0.39, 0.29) is 92.1 Å². The molecule has 2 bridgehead atoms. The number of benzene rings is 3. The van der Waals surface area contributed by atoms with Gasteiger partial charge in [0.2, 0.25) is 82.7 Å². The van der Waals surface area contributed by atoms with Gasteiger partial charge in [-0.1, -0.05) is 125 Å². The van der Waals surface area contributed by atoms with Crippen LogP contribution in [0.15, 0.2) is 66.7 Å². The Hall–Kier alpha value is -8.38. The molecular weight excluding hydrogens is 1380 g/mol. The average Bonchev–Trinajstić information content (AvgIpc) is 1.52. The minimum Gasteiger partial charge on any atom is -0.508 e. The molecule has 0 aromatic heterocycles. The van der Waals surface area contributed by atoms with E-state index in [0.717, 1.165) is 53.5 Å². The third-order valence-corrected chi connectivity index (χ3v) is 21.7. The number of unbranched alkanes of at least 4 members (excludes halogenated alkanes) is 1. The van der Waals surface area contributed by atoms with Crippen LogP contribution in [0.1, 0.15) is 83.8 Å². The molecule has 100 heavy (non-hydrogen) atoms. The molecule has 0 aliphatic carbocycles. The molecule has 3 aromatic carbocycles. The van der Waals surface area contributed by atoms with Gasteiger partial charge in [-0.25, -0.2) is 0 Å². The summed E-state index contributed by atoms with van der Waals surface area (Å²) >= 11 is 0. The first-order valence-corrected chi connectivity index (χ1v) is 37.9. The maximum absolute atomic E-state index is 15.3. The maximum atomic E-state index is 15.3. The molecule has 0 unspecified atom stereocenters. The molecule has 18 N–H and O–H groups in total. The standard InChI is InChI=1S/C65H89N15O16S4/c1-33(2)22-43-59(90)77-48-31-100-98-30-47(57(88)69-26-52(84)71-44(23-35-15-17-38(81)18-16-35)60(91)72-41(58(89)73-43)14-7-8-21-66)76-62(93)49(78-64(95)54(34(3)4)79-53(85)27-68-56(87)42-19-20-51(83)70-42)32-99-97-29-46(55(67)86)75-63(94)50-25-39(82)28-80(50)65(96)45(74-61(48)92)24-37-12-9-11-36-10-5-6-13-40(36)37/h5-6,9-13,15-18,33-34,39,41-50,54,81-82H,7-8,14,19-32,66H2,1-4H3,(H2,67,86)(H,68,87)(H,69,88)(H,70,83)(H,71,84)(H,72,91)(H,73,89)(H,74,92)(H,75,94)(H,76,93)(H,77,90)(H,78,95)(H,79,85)/t39-,41+,42+,43+,44+,45+,46+,47+,48+,49+,50+,54+/m1/s1. The second kappa shape index (κ2) is 38.4. The van der Waals surface area contributed by atoms with Crippen molar-refractivity contribution in [2.24, 2.45) is 23.3 Å². The Labute approximate surface area is 593 Å². The van der Waals surface area contributed by atoms with Gasteiger partial charge >= 0.3 is 0 Å². The first-order valence-electron chi connectivity index (χ1n) is 33.0. The van der Waals surface area contributed by atoms with Crippen LogP contribution in [0.25, 0.3) is 10.8 Å². The second-order valence-electron chi connectivity index (χ2n) is 25.5. The summed E-state index contributed by atoms with van der Waals surface area (Å²) in [5.74, 6) is -14.1. The summed E-state index contributed by atoms with van der Waals surface area (Å²) in [7, 11) is 3.71. The van der Waals surface area contributed by atoms with Crippen molar-refractivity contribution in [2.75, 3.05) is 49.2 Å². The van der Waals surface area contributed by atoms with E-state index < -0.39 is 175 Å². The number of nitrogens with zero attached hydrogens (tertiary/aromatic N) is 1. The minimum atomic E-state index is -1.61. The molecule has 3 aromatic rings. The van der Waals surface area contributed by atoms with Crippen LogP contribution in [-0.4, -0.2) is 220 Å². The van der Waals surface area contributed by atoms with Crippen LogP contribution in [0.4, 0.5) is 0 Å². The number of nitrogens with one attached hydrogen (secondary N) is 12. The van der Waals surface area contributed by atoms with Crippen molar-refractivity contribution < 1.29 is 77.3 Å². The van der Waals surface area contributed by atoms with Crippen LogP contribution < -0.4 is 75.3 Å². The number of hydrogen-bond acceptors (Lipinski definition) is 21. The van der Waals surface area contributed by atoms with Gasteiger partial charge in [0.1, 0.15) is 72.2 Å². The number of primary amides is 1. The van der Waals surface area contributed by atoms with Crippen LogP contribution in [0.3, 0.4) is 0 Å². The highest BCUT2D eigenvalue weighted by Crippen LogP contribution is 2.28. The van der Waals surface area contributed by atoms with Crippen LogP contribution in [0, 0.1) is 11.8 Å². The molecule has 12 atom stereocenters. The molecule has 0 spiro atoms.